The number of nitrogens with zero attached hydrogens (tertiary/aromatic N) is 3. The van der Waals surface area contributed by atoms with Gasteiger partial charge >= 0.3 is 0 Å². The van der Waals surface area contributed by atoms with Crippen LogP contribution in [-0.2, 0) is 16.2 Å². The molecule has 1 aliphatic heterocycles. The SMILES string of the molecule is c1ccc(-c2cn(COCC3CCCO3)cn2)nc1. The number of ether oxygens (including phenoxy) is 2. The molecule has 0 bridgehead atoms. The summed E-state index contributed by atoms with van der Waals surface area (Å²) < 4.78 is 13.1. The van der Waals surface area contributed by atoms with Crippen LogP contribution in [0.1, 0.15) is 12.8 Å². The van der Waals surface area contributed by atoms with E-state index >= 15 is 0 Å². The normalized spacial score (nSPS) is 18.8. The van der Waals surface area contributed by atoms with Crippen LogP contribution < -0.4 is 0 Å². The lowest BCUT2D eigenvalue weighted by molar-refractivity contribution is -0.00814. The Morgan fingerprint density at radius 2 is 2.32 bits per heavy atom. The van der Waals surface area contributed by atoms with Gasteiger partial charge in [0, 0.05) is 19.0 Å². The second-order valence-corrected chi connectivity index (χ2v) is 4.62. The first kappa shape index (κ1) is 12.3. The van der Waals surface area contributed by atoms with Crippen LogP contribution in [0.4, 0.5) is 0 Å². The molecule has 1 unspecified atom stereocenters. The summed E-state index contributed by atoms with van der Waals surface area (Å²) in [7, 11) is 0. The van der Waals surface area contributed by atoms with E-state index in [9.17, 15) is 0 Å². The van der Waals surface area contributed by atoms with Crippen molar-refractivity contribution in [3.8, 4) is 11.4 Å². The van der Waals surface area contributed by atoms with Crippen molar-refractivity contribution in [2.24, 2.45) is 0 Å². The average Bonchev–Trinajstić information content (AvgIpc) is 3.11. The lowest BCUT2D eigenvalue weighted by Crippen LogP contribution is -2.15. The van der Waals surface area contributed by atoms with Gasteiger partial charge in [0.2, 0.25) is 0 Å². The highest BCUT2D eigenvalue weighted by Gasteiger charge is 2.15. The van der Waals surface area contributed by atoms with E-state index in [0.717, 1.165) is 30.8 Å². The fourth-order valence-electron chi connectivity index (χ4n) is 2.14. The van der Waals surface area contributed by atoms with E-state index in [1.807, 2.05) is 29.0 Å². The molecule has 0 aromatic carbocycles. The topological polar surface area (TPSA) is 49.2 Å². The predicted octanol–water partition coefficient (Wildman–Crippen LogP) is 2.10. The van der Waals surface area contributed by atoms with Crippen molar-refractivity contribution in [3.63, 3.8) is 0 Å². The Morgan fingerprint density at radius 1 is 1.32 bits per heavy atom. The molecule has 0 amide bonds. The Hall–Kier alpha value is -1.72. The van der Waals surface area contributed by atoms with Crippen molar-refractivity contribution in [1.82, 2.24) is 14.5 Å². The lowest BCUT2D eigenvalue weighted by atomic mass is 10.2. The molecule has 0 spiro atoms. The maximum atomic E-state index is 5.63. The monoisotopic (exact) mass is 259 g/mol. The number of aromatic nitrogens is 3. The van der Waals surface area contributed by atoms with Crippen molar-refractivity contribution < 1.29 is 9.47 Å². The first-order valence-corrected chi connectivity index (χ1v) is 6.54. The number of hydrogen-bond donors (Lipinski definition) is 0. The third-order valence-corrected chi connectivity index (χ3v) is 3.13. The van der Waals surface area contributed by atoms with Crippen molar-refractivity contribution in [1.29, 1.82) is 0 Å². The van der Waals surface area contributed by atoms with Crippen LogP contribution in [0, 0.1) is 0 Å². The molecular weight excluding hydrogens is 242 g/mol. The third-order valence-electron chi connectivity index (χ3n) is 3.13. The second-order valence-electron chi connectivity index (χ2n) is 4.62. The molecular formula is C14H17N3O2. The van der Waals surface area contributed by atoms with Gasteiger partial charge in [0.1, 0.15) is 12.4 Å². The zero-order valence-electron chi connectivity index (χ0n) is 10.7. The van der Waals surface area contributed by atoms with E-state index in [-0.39, 0.29) is 6.10 Å². The standard InChI is InChI=1S/C14H17N3O2/c1-2-6-15-13(5-1)14-8-17(10-16-14)11-18-9-12-4-3-7-19-12/h1-2,5-6,8,10,12H,3-4,7,9,11H2. The van der Waals surface area contributed by atoms with Gasteiger partial charge < -0.3 is 14.0 Å². The molecule has 1 aliphatic rings. The number of rotatable bonds is 5. The zero-order valence-corrected chi connectivity index (χ0v) is 10.7. The van der Waals surface area contributed by atoms with E-state index in [4.69, 9.17) is 9.47 Å². The maximum Gasteiger partial charge on any atom is 0.123 e. The van der Waals surface area contributed by atoms with E-state index in [1.165, 1.54) is 0 Å². The van der Waals surface area contributed by atoms with Crippen LogP contribution in [0.2, 0.25) is 0 Å². The number of pyridine rings is 1. The first-order chi connectivity index (χ1) is 9.42. The molecule has 5 heteroatoms. The Bertz CT molecular complexity index is 506. The van der Waals surface area contributed by atoms with Crippen LogP contribution in [0.5, 0.6) is 0 Å². The van der Waals surface area contributed by atoms with Gasteiger partial charge in [-0.25, -0.2) is 4.98 Å². The molecule has 2 aromatic rings. The summed E-state index contributed by atoms with van der Waals surface area (Å²) in [5, 5.41) is 0. The van der Waals surface area contributed by atoms with E-state index in [2.05, 4.69) is 9.97 Å². The molecule has 1 atom stereocenters. The van der Waals surface area contributed by atoms with Crippen LogP contribution in [0.3, 0.4) is 0 Å². The summed E-state index contributed by atoms with van der Waals surface area (Å²) in [6.45, 7) is 2.01. The molecule has 0 N–H and O–H groups in total. The molecule has 2 aromatic heterocycles. The molecule has 3 heterocycles. The Labute approximate surface area is 112 Å². The van der Waals surface area contributed by atoms with Gasteiger partial charge in [0.15, 0.2) is 0 Å². The summed E-state index contributed by atoms with van der Waals surface area (Å²) in [6.07, 6.45) is 7.98. The second kappa shape index (κ2) is 5.95. The zero-order chi connectivity index (χ0) is 12.9. The highest BCUT2D eigenvalue weighted by Crippen LogP contribution is 2.14. The summed E-state index contributed by atoms with van der Waals surface area (Å²) in [6, 6.07) is 5.79. The molecule has 5 nitrogen and oxygen atoms in total. The van der Waals surface area contributed by atoms with Crippen LogP contribution in [0.25, 0.3) is 11.4 Å². The maximum absolute atomic E-state index is 5.63. The Balaban J connectivity index is 1.53. The molecule has 19 heavy (non-hydrogen) atoms. The smallest absolute Gasteiger partial charge is 0.123 e. The average molecular weight is 259 g/mol. The third kappa shape index (κ3) is 3.19. The summed E-state index contributed by atoms with van der Waals surface area (Å²) in [4.78, 5) is 8.60. The van der Waals surface area contributed by atoms with E-state index in [0.29, 0.717) is 13.3 Å². The number of imidazole rings is 1. The quantitative estimate of drug-likeness (QED) is 0.825. The minimum Gasteiger partial charge on any atom is -0.376 e. The lowest BCUT2D eigenvalue weighted by Gasteiger charge is -2.09. The minimum absolute atomic E-state index is 0.263. The summed E-state index contributed by atoms with van der Waals surface area (Å²) >= 11 is 0. The van der Waals surface area contributed by atoms with E-state index in [1.54, 1.807) is 12.5 Å². The van der Waals surface area contributed by atoms with Gasteiger partial charge in [-0.3, -0.25) is 4.98 Å². The highest BCUT2D eigenvalue weighted by molar-refractivity contribution is 5.51. The van der Waals surface area contributed by atoms with Crippen molar-refractivity contribution in [3.05, 3.63) is 36.9 Å². The van der Waals surface area contributed by atoms with Gasteiger partial charge in [-0.05, 0) is 25.0 Å². The first-order valence-electron chi connectivity index (χ1n) is 6.54. The summed E-state index contributed by atoms with van der Waals surface area (Å²) in [5.41, 5.74) is 1.74. The highest BCUT2D eigenvalue weighted by atomic mass is 16.5. The van der Waals surface area contributed by atoms with Crippen LogP contribution >= 0.6 is 0 Å². The van der Waals surface area contributed by atoms with Gasteiger partial charge in [-0.1, -0.05) is 6.07 Å². The van der Waals surface area contributed by atoms with Crippen LogP contribution in [-0.4, -0.2) is 33.9 Å². The molecule has 1 saturated heterocycles. The largest absolute Gasteiger partial charge is 0.376 e. The predicted molar refractivity (Wildman–Crippen MR) is 70.4 cm³/mol. The van der Waals surface area contributed by atoms with E-state index < -0.39 is 0 Å². The van der Waals surface area contributed by atoms with Gasteiger partial charge in [-0.2, -0.15) is 0 Å². The van der Waals surface area contributed by atoms with Gasteiger partial charge in [0.25, 0.3) is 0 Å². The molecule has 0 aliphatic carbocycles. The Kier molecular flexibility index (Phi) is 3.86. The van der Waals surface area contributed by atoms with Crippen LogP contribution in [0.15, 0.2) is 36.9 Å². The molecule has 3 rings (SSSR count). The molecule has 0 radical (unpaired) electrons. The minimum atomic E-state index is 0.263. The van der Waals surface area contributed by atoms with Gasteiger partial charge in [0.05, 0.1) is 24.7 Å². The van der Waals surface area contributed by atoms with Crippen molar-refractivity contribution >= 4 is 0 Å². The fourth-order valence-corrected chi connectivity index (χ4v) is 2.14. The summed E-state index contributed by atoms with van der Waals surface area (Å²) in [5.74, 6) is 0. The molecule has 0 saturated carbocycles. The van der Waals surface area contributed by atoms with Crippen molar-refractivity contribution in [2.45, 2.75) is 25.7 Å². The molecule has 1 fully saturated rings. The Morgan fingerprint density at radius 3 is 3.11 bits per heavy atom. The van der Waals surface area contributed by atoms with Crippen molar-refractivity contribution in [2.75, 3.05) is 13.2 Å². The van der Waals surface area contributed by atoms with Gasteiger partial charge in [-0.15, -0.1) is 0 Å². The number of hydrogen-bond acceptors (Lipinski definition) is 4. The molecule has 100 valence electrons. The fraction of sp³-hybridized carbons (Fsp3) is 0.429.